The number of likely N-dealkylation sites (tertiary alicyclic amines) is 1. The van der Waals surface area contributed by atoms with Crippen LogP contribution in [0, 0.1) is 11.8 Å². The van der Waals surface area contributed by atoms with Gasteiger partial charge in [0, 0.05) is 6.04 Å². The summed E-state index contributed by atoms with van der Waals surface area (Å²) >= 11 is 0. The molecule has 0 spiro atoms. The lowest BCUT2D eigenvalue weighted by Gasteiger charge is -2.35. The number of rotatable bonds is 2. The van der Waals surface area contributed by atoms with Gasteiger partial charge in [0.05, 0.1) is 0 Å². The summed E-state index contributed by atoms with van der Waals surface area (Å²) in [6, 6.07) is 9.07. The van der Waals surface area contributed by atoms with E-state index < -0.39 is 5.97 Å². The Morgan fingerprint density at radius 3 is 2.24 bits per heavy atom. The number of fused-ring (bicyclic) bond motifs is 3. The number of benzene rings is 1. The number of carbonyl (C=O) groups is 1. The molecular formula is C18H23NO2. The minimum Gasteiger partial charge on any atom is -0.480 e. The first-order valence-electron chi connectivity index (χ1n) is 8.29. The minimum atomic E-state index is -0.617. The predicted molar refractivity (Wildman–Crippen MR) is 81.2 cm³/mol. The number of hydrogen-bond donors (Lipinski definition) is 1. The molecule has 0 radical (unpaired) electrons. The molecule has 1 saturated heterocycles. The predicted octanol–water partition coefficient (Wildman–Crippen LogP) is 2.73. The van der Waals surface area contributed by atoms with E-state index in [4.69, 9.17) is 0 Å². The second-order valence-electron chi connectivity index (χ2n) is 7.00. The molecule has 112 valence electrons. The van der Waals surface area contributed by atoms with Crippen LogP contribution < -0.4 is 0 Å². The second kappa shape index (κ2) is 5.13. The number of hydrogen-bond acceptors (Lipinski definition) is 2. The molecule has 1 aliphatic heterocycles. The molecule has 1 aromatic rings. The van der Waals surface area contributed by atoms with E-state index in [1.807, 2.05) is 0 Å². The first-order chi connectivity index (χ1) is 10.2. The van der Waals surface area contributed by atoms with Crippen LogP contribution in [0.25, 0.3) is 0 Å². The van der Waals surface area contributed by atoms with Crippen molar-refractivity contribution in [2.75, 3.05) is 6.54 Å². The maximum atomic E-state index is 11.6. The van der Waals surface area contributed by atoms with Crippen molar-refractivity contribution in [1.29, 1.82) is 0 Å². The molecule has 2 bridgehead atoms. The molecule has 3 atom stereocenters. The lowest BCUT2D eigenvalue weighted by Crippen LogP contribution is -2.48. The molecule has 4 rings (SSSR count). The van der Waals surface area contributed by atoms with Crippen molar-refractivity contribution in [1.82, 2.24) is 4.90 Å². The molecule has 2 fully saturated rings. The molecule has 3 unspecified atom stereocenters. The highest BCUT2D eigenvalue weighted by atomic mass is 16.4. The van der Waals surface area contributed by atoms with Gasteiger partial charge in [0.1, 0.15) is 6.04 Å². The average Bonchev–Trinajstić information content (AvgIpc) is 3.02. The molecule has 1 heterocycles. The molecule has 3 nitrogen and oxygen atoms in total. The van der Waals surface area contributed by atoms with Crippen molar-refractivity contribution >= 4 is 5.97 Å². The molecule has 1 aromatic carbocycles. The van der Waals surface area contributed by atoms with E-state index in [-0.39, 0.29) is 6.04 Å². The van der Waals surface area contributed by atoms with E-state index in [0.29, 0.717) is 17.9 Å². The van der Waals surface area contributed by atoms with Gasteiger partial charge in [0.2, 0.25) is 0 Å². The van der Waals surface area contributed by atoms with Gasteiger partial charge in [-0.25, -0.2) is 0 Å². The van der Waals surface area contributed by atoms with E-state index >= 15 is 0 Å². The standard InChI is InChI=1S/C18H23NO2/c20-18(21)16-6-3-9-19(16)17-14-7-8-15(17)11-13-5-2-1-4-12(13)10-14/h1-2,4-5,14-17H,3,6-11H2,(H,20,21). The van der Waals surface area contributed by atoms with Gasteiger partial charge >= 0.3 is 5.97 Å². The zero-order chi connectivity index (χ0) is 14.4. The molecule has 21 heavy (non-hydrogen) atoms. The van der Waals surface area contributed by atoms with Crippen LogP contribution in [0.4, 0.5) is 0 Å². The quantitative estimate of drug-likeness (QED) is 0.908. The van der Waals surface area contributed by atoms with Crippen LogP contribution in [0.1, 0.15) is 36.8 Å². The summed E-state index contributed by atoms with van der Waals surface area (Å²) in [7, 11) is 0. The fourth-order valence-electron chi connectivity index (χ4n) is 5.07. The highest BCUT2D eigenvalue weighted by Crippen LogP contribution is 2.44. The Balaban J connectivity index is 1.65. The van der Waals surface area contributed by atoms with Crippen LogP contribution in [0.5, 0.6) is 0 Å². The van der Waals surface area contributed by atoms with Crippen LogP contribution in [0.15, 0.2) is 24.3 Å². The Morgan fingerprint density at radius 2 is 1.67 bits per heavy atom. The zero-order valence-electron chi connectivity index (χ0n) is 12.4. The highest BCUT2D eigenvalue weighted by Gasteiger charge is 2.46. The van der Waals surface area contributed by atoms with Gasteiger partial charge < -0.3 is 5.11 Å². The van der Waals surface area contributed by atoms with E-state index in [0.717, 1.165) is 32.2 Å². The Hall–Kier alpha value is -1.35. The molecule has 2 aliphatic carbocycles. The lowest BCUT2D eigenvalue weighted by atomic mass is 9.93. The molecule has 0 aromatic heterocycles. The van der Waals surface area contributed by atoms with Crippen molar-refractivity contribution in [3.8, 4) is 0 Å². The van der Waals surface area contributed by atoms with Gasteiger partial charge in [-0.1, -0.05) is 24.3 Å². The Labute approximate surface area is 126 Å². The van der Waals surface area contributed by atoms with Crippen molar-refractivity contribution in [3.05, 3.63) is 35.4 Å². The van der Waals surface area contributed by atoms with Crippen molar-refractivity contribution in [2.45, 2.75) is 50.6 Å². The largest absolute Gasteiger partial charge is 0.480 e. The van der Waals surface area contributed by atoms with E-state index in [1.54, 1.807) is 0 Å². The second-order valence-corrected chi connectivity index (χ2v) is 7.00. The van der Waals surface area contributed by atoms with Crippen LogP contribution in [-0.2, 0) is 17.6 Å². The third-order valence-electron chi connectivity index (χ3n) is 5.92. The fraction of sp³-hybridized carbons (Fsp3) is 0.611. The van der Waals surface area contributed by atoms with Gasteiger partial charge in [0.25, 0.3) is 0 Å². The first kappa shape index (κ1) is 13.3. The SMILES string of the molecule is O=C(O)C1CCCN1C1C2CCC1Cc1ccccc1C2. The summed E-state index contributed by atoms with van der Waals surface area (Å²) in [5.41, 5.74) is 3.00. The summed E-state index contributed by atoms with van der Waals surface area (Å²) in [6.45, 7) is 0.977. The smallest absolute Gasteiger partial charge is 0.320 e. The summed E-state index contributed by atoms with van der Waals surface area (Å²) in [5.74, 6) is 0.686. The normalized spacial score (nSPS) is 35.4. The van der Waals surface area contributed by atoms with Gasteiger partial charge in [0.15, 0.2) is 0 Å². The van der Waals surface area contributed by atoms with E-state index in [1.165, 1.54) is 24.0 Å². The summed E-state index contributed by atoms with van der Waals surface area (Å²) in [5, 5.41) is 9.51. The molecule has 1 saturated carbocycles. The highest BCUT2D eigenvalue weighted by molar-refractivity contribution is 5.73. The maximum Gasteiger partial charge on any atom is 0.320 e. The molecular weight excluding hydrogens is 262 g/mol. The number of nitrogens with zero attached hydrogens (tertiary/aromatic N) is 1. The Kier molecular flexibility index (Phi) is 3.26. The minimum absolute atomic E-state index is 0.237. The number of carboxylic acids is 1. The fourth-order valence-corrected chi connectivity index (χ4v) is 5.07. The van der Waals surface area contributed by atoms with Gasteiger partial charge in [-0.15, -0.1) is 0 Å². The molecule has 3 aliphatic rings. The van der Waals surface area contributed by atoms with Crippen molar-refractivity contribution in [2.24, 2.45) is 11.8 Å². The Morgan fingerprint density at radius 1 is 1.05 bits per heavy atom. The van der Waals surface area contributed by atoms with Gasteiger partial charge in [-0.2, -0.15) is 0 Å². The first-order valence-corrected chi connectivity index (χ1v) is 8.29. The third-order valence-corrected chi connectivity index (χ3v) is 5.92. The van der Waals surface area contributed by atoms with Crippen LogP contribution in [0.3, 0.4) is 0 Å². The van der Waals surface area contributed by atoms with Crippen molar-refractivity contribution in [3.63, 3.8) is 0 Å². The van der Waals surface area contributed by atoms with Crippen molar-refractivity contribution < 1.29 is 9.90 Å². The van der Waals surface area contributed by atoms with E-state index in [9.17, 15) is 9.90 Å². The molecule has 1 N–H and O–H groups in total. The maximum absolute atomic E-state index is 11.6. The third kappa shape index (κ3) is 2.18. The van der Waals surface area contributed by atoms with Gasteiger partial charge in [-0.05, 0) is 68.0 Å². The summed E-state index contributed by atoms with van der Waals surface area (Å²) in [4.78, 5) is 13.9. The molecule has 0 amide bonds. The lowest BCUT2D eigenvalue weighted by molar-refractivity contribution is -0.143. The summed E-state index contributed by atoms with van der Waals surface area (Å²) < 4.78 is 0. The van der Waals surface area contributed by atoms with Crippen LogP contribution >= 0.6 is 0 Å². The number of aliphatic carboxylic acids is 1. The number of carboxylic acid groups (broad SMARTS) is 1. The zero-order valence-corrected chi connectivity index (χ0v) is 12.4. The Bertz CT molecular complexity index is 523. The van der Waals surface area contributed by atoms with Crippen LogP contribution in [0.2, 0.25) is 0 Å². The average molecular weight is 285 g/mol. The van der Waals surface area contributed by atoms with E-state index in [2.05, 4.69) is 29.2 Å². The summed E-state index contributed by atoms with van der Waals surface area (Å²) in [6.07, 6.45) is 6.69. The van der Waals surface area contributed by atoms with Crippen LogP contribution in [-0.4, -0.2) is 34.6 Å². The van der Waals surface area contributed by atoms with Gasteiger partial charge in [-0.3, -0.25) is 9.69 Å². The topological polar surface area (TPSA) is 40.5 Å². The molecule has 3 heteroatoms. The monoisotopic (exact) mass is 285 g/mol.